The molecule has 4 unspecified atom stereocenters. The molecule has 1 aliphatic rings. The fourth-order valence-corrected chi connectivity index (χ4v) is 1.95. The lowest BCUT2D eigenvalue weighted by Crippen LogP contribution is -2.38. The Kier molecular flexibility index (Phi) is 8.13. The minimum atomic E-state index is -0.366. The monoisotopic (exact) mass is 242 g/mol. The lowest BCUT2D eigenvalue weighted by Gasteiger charge is -2.36. The summed E-state index contributed by atoms with van der Waals surface area (Å²) in [5.74, 6) is 0.582. The number of hydrogen-bond acceptors (Lipinski definition) is 3. The van der Waals surface area contributed by atoms with E-state index >= 15 is 0 Å². The molecule has 2 N–H and O–H groups in total. The first-order valence-corrected chi connectivity index (χ1v) is 6.28. The van der Waals surface area contributed by atoms with Crippen LogP contribution in [0.5, 0.6) is 0 Å². The van der Waals surface area contributed by atoms with Crippen molar-refractivity contribution in [2.75, 3.05) is 13.2 Å². The molecular formula is C14H26O3. The largest absolute Gasteiger partial charge is 0.397 e. The van der Waals surface area contributed by atoms with Gasteiger partial charge in [0, 0.05) is 13.2 Å². The summed E-state index contributed by atoms with van der Waals surface area (Å²) in [7, 11) is 0. The average molecular weight is 242 g/mol. The molecule has 0 bridgehead atoms. The molecule has 0 heterocycles. The molecule has 0 saturated heterocycles. The fraction of sp³-hybridized carbons (Fsp3) is 0.714. The summed E-state index contributed by atoms with van der Waals surface area (Å²) in [4.78, 5) is 0. The molecule has 3 heteroatoms. The lowest BCUT2D eigenvalue weighted by atomic mass is 9.78. The van der Waals surface area contributed by atoms with Gasteiger partial charge in [-0.1, -0.05) is 32.6 Å². The molecule has 0 spiro atoms. The van der Waals surface area contributed by atoms with Crippen molar-refractivity contribution in [2.24, 2.45) is 11.8 Å². The molecule has 100 valence electrons. The molecule has 0 saturated carbocycles. The van der Waals surface area contributed by atoms with Crippen LogP contribution in [0.2, 0.25) is 0 Å². The highest BCUT2D eigenvalue weighted by molar-refractivity contribution is 5.27. The zero-order chi connectivity index (χ0) is 13.4. The molecule has 0 aromatic rings. The highest BCUT2D eigenvalue weighted by Gasteiger charge is 2.33. The Hall–Kier alpha value is -0.640. The Balaban J connectivity index is 0.000000770. The van der Waals surface area contributed by atoms with Crippen LogP contribution in [0, 0.1) is 11.8 Å². The van der Waals surface area contributed by atoms with Crippen molar-refractivity contribution in [1.29, 1.82) is 0 Å². The Bertz CT molecular complexity index is 248. The first-order valence-electron chi connectivity index (χ1n) is 6.28. The molecule has 17 heavy (non-hydrogen) atoms. The van der Waals surface area contributed by atoms with Crippen LogP contribution in [-0.2, 0) is 4.74 Å². The van der Waals surface area contributed by atoms with Gasteiger partial charge in [-0.3, -0.25) is 0 Å². The number of aliphatic hydroxyl groups excluding tert-OH is 2. The first-order chi connectivity index (χ1) is 8.03. The van der Waals surface area contributed by atoms with E-state index in [1.807, 2.05) is 13.0 Å². The number of ether oxygens (including phenoxy) is 1. The van der Waals surface area contributed by atoms with E-state index in [2.05, 4.69) is 20.4 Å². The Morgan fingerprint density at radius 3 is 2.29 bits per heavy atom. The van der Waals surface area contributed by atoms with Gasteiger partial charge in [0.15, 0.2) is 0 Å². The summed E-state index contributed by atoms with van der Waals surface area (Å²) in [5, 5.41) is 17.3. The molecule has 0 fully saturated rings. The van der Waals surface area contributed by atoms with Gasteiger partial charge >= 0.3 is 0 Å². The molecule has 1 aliphatic carbocycles. The quantitative estimate of drug-likeness (QED) is 0.797. The maximum absolute atomic E-state index is 9.76. The van der Waals surface area contributed by atoms with Crippen molar-refractivity contribution in [3.63, 3.8) is 0 Å². The highest BCUT2D eigenvalue weighted by Crippen LogP contribution is 2.32. The van der Waals surface area contributed by atoms with E-state index in [-0.39, 0.29) is 24.7 Å². The number of rotatable bonds is 3. The smallest absolute Gasteiger partial charge is 0.0851 e. The van der Waals surface area contributed by atoms with Crippen LogP contribution in [0.1, 0.15) is 27.7 Å². The average Bonchev–Trinajstić information content (AvgIpc) is 2.31. The molecule has 0 aliphatic heterocycles. The molecule has 0 aromatic carbocycles. The van der Waals surface area contributed by atoms with Crippen molar-refractivity contribution in [1.82, 2.24) is 0 Å². The zero-order valence-corrected chi connectivity index (χ0v) is 11.4. The molecule has 0 radical (unpaired) electrons. The number of hydrogen-bond donors (Lipinski definition) is 2. The summed E-state index contributed by atoms with van der Waals surface area (Å²) in [6.45, 7) is 12.5. The maximum atomic E-state index is 9.76. The van der Waals surface area contributed by atoms with Crippen LogP contribution in [0.3, 0.4) is 0 Å². The minimum Gasteiger partial charge on any atom is -0.397 e. The number of aliphatic hydroxyl groups is 2. The van der Waals surface area contributed by atoms with Gasteiger partial charge in [0.1, 0.15) is 0 Å². The van der Waals surface area contributed by atoms with Crippen LogP contribution >= 0.6 is 0 Å². The van der Waals surface area contributed by atoms with Crippen LogP contribution < -0.4 is 0 Å². The fourth-order valence-electron chi connectivity index (χ4n) is 1.95. The van der Waals surface area contributed by atoms with Gasteiger partial charge in [-0.05, 0) is 31.3 Å². The third-order valence-electron chi connectivity index (χ3n) is 3.12. The van der Waals surface area contributed by atoms with Crippen LogP contribution in [0.15, 0.2) is 24.3 Å². The second-order valence-electron chi connectivity index (χ2n) is 4.27. The van der Waals surface area contributed by atoms with Crippen LogP contribution in [0.25, 0.3) is 0 Å². The third-order valence-corrected chi connectivity index (χ3v) is 3.12. The predicted molar refractivity (Wildman–Crippen MR) is 70.8 cm³/mol. The standard InChI is InChI=1S/C12H20O2.C2H6O/c1-5-10-7-11(13)8(3)9(4)12(10)14-6-2;1-2-3/h5,7-9,11-13H,1,6H2,2-4H3;3H,2H2,1H3. The van der Waals surface area contributed by atoms with Crippen molar-refractivity contribution in [3.05, 3.63) is 24.3 Å². The van der Waals surface area contributed by atoms with E-state index in [0.29, 0.717) is 12.5 Å². The van der Waals surface area contributed by atoms with E-state index < -0.39 is 0 Å². The first kappa shape index (κ1) is 16.4. The van der Waals surface area contributed by atoms with Gasteiger partial charge in [0.25, 0.3) is 0 Å². The van der Waals surface area contributed by atoms with Gasteiger partial charge in [-0.2, -0.15) is 0 Å². The van der Waals surface area contributed by atoms with Gasteiger partial charge in [0.05, 0.1) is 12.2 Å². The second kappa shape index (κ2) is 8.45. The van der Waals surface area contributed by atoms with Crippen molar-refractivity contribution in [2.45, 2.75) is 39.9 Å². The minimum absolute atomic E-state index is 0.0934. The van der Waals surface area contributed by atoms with Crippen molar-refractivity contribution < 1.29 is 14.9 Å². The topological polar surface area (TPSA) is 49.7 Å². The summed E-state index contributed by atoms with van der Waals surface area (Å²) >= 11 is 0. The zero-order valence-electron chi connectivity index (χ0n) is 11.4. The van der Waals surface area contributed by atoms with Crippen molar-refractivity contribution >= 4 is 0 Å². The Labute approximate surface area is 105 Å². The Morgan fingerprint density at radius 2 is 1.88 bits per heavy atom. The van der Waals surface area contributed by atoms with Crippen molar-refractivity contribution in [3.8, 4) is 0 Å². The molecule has 0 aromatic heterocycles. The Morgan fingerprint density at radius 1 is 1.35 bits per heavy atom. The predicted octanol–water partition coefficient (Wildman–Crippen LogP) is 2.15. The normalized spacial score (nSPS) is 32.2. The molecule has 1 rings (SSSR count). The molecular weight excluding hydrogens is 216 g/mol. The van der Waals surface area contributed by atoms with Gasteiger partial charge in [0.2, 0.25) is 0 Å². The second-order valence-corrected chi connectivity index (χ2v) is 4.27. The summed E-state index contributed by atoms with van der Waals surface area (Å²) in [6.07, 6.45) is 3.37. The van der Waals surface area contributed by atoms with E-state index in [1.54, 1.807) is 13.0 Å². The van der Waals surface area contributed by atoms with Gasteiger partial charge in [-0.15, -0.1) is 0 Å². The lowest BCUT2D eigenvalue weighted by molar-refractivity contribution is -0.00162. The van der Waals surface area contributed by atoms with E-state index in [9.17, 15) is 5.11 Å². The highest BCUT2D eigenvalue weighted by atomic mass is 16.5. The molecule has 4 atom stereocenters. The molecule has 0 amide bonds. The van der Waals surface area contributed by atoms with E-state index in [4.69, 9.17) is 9.84 Å². The van der Waals surface area contributed by atoms with E-state index in [1.165, 1.54) is 0 Å². The molecule has 3 nitrogen and oxygen atoms in total. The SMILES string of the molecule is C=CC1=CC(O)C(C)C(C)C1OCC.CCO. The summed E-state index contributed by atoms with van der Waals surface area (Å²) < 4.78 is 5.67. The van der Waals surface area contributed by atoms with Crippen LogP contribution in [0.4, 0.5) is 0 Å². The van der Waals surface area contributed by atoms with Gasteiger partial charge in [-0.25, -0.2) is 0 Å². The van der Waals surface area contributed by atoms with E-state index in [0.717, 1.165) is 5.57 Å². The maximum Gasteiger partial charge on any atom is 0.0851 e. The third kappa shape index (κ3) is 4.62. The summed E-state index contributed by atoms with van der Waals surface area (Å²) in [5.41, 5.74) is 1.02. The van der Waals surface area contributed by atoms with Gasteiger partial charge < -0.3 is 14.9 Å². The van der Waals surface area contributed by atoms with Crippen LogP contribution in [-0.4, -0.2) is 35.6 Å². The summed E-state index contributed by atoms with van der Waals surface area (Å²) in [6, 6.07) is 0.